The Morgan fingerprint density at radius 3 is 3.00 bits per heavy atom. The van der Waals surface area contributed by atoms with E-state index in [1.807, 2.05) is 19.2 Å². The Bertz CT molecular complexity index is 775. The molecule has 2 aliphatic rings. The van der Waals surface area contributed by atoms with Crippen LogP contribution in [0.4, 0.5) is 0 Å². The van der Waals surface area contributed by atoms with Crippen molar-refractivity contribution in [3.63, 3.8) is 0 Å². The average molecular weight is 367 g/mol. The normalized spacial score (nSPS) is 23.9. The summed E-state index contributed by atoms with van der Waals surface area (Å²) in [6.45, 7) is 6.81. The fourth-order valence-corrected chi connectivity index (χ4v) is 4.68. The summed E-state index contributed by atoms with van der Waals surface area (Å²) in [6.07, 6.45) is 8.52. The van der Waals surface area contributed by atoms with Crippen LogP contribution in [-0.4, -0.2) is 56.8 Å². The second-order valence-electron chi connectivity index (χ2n) is 8.23. The third-order valence-electron chi connectivity index (χ3n) is 6.03. The molecule has 0 saturated carbocycles. The van der Waals surface area contributed by atoms with Gasteiger partial charge in [0, 0.05) is 62.0 Å². The molecule has 4 rings (SSSR count). The molecule has 144 valence electrons. The van der Waals surface area contributed by atoms with E-state index in [0.717, 1.165) is 62.6 Å². The summed E-state index contributed by atoms with van der Waals surface area (Å²) in [5.74, 6) is 0.303. The first-order chi connectivity index (χ1) is 13.1. The van der Waals surface area contributed by atoms with Gasteiger partial charge in [-0.15, -0.1) is 0 Å². The van der Waals surface area contributed by atoms with Crippen molar-refractivity contribution in [2.24, 2.45) is 5.41 Å². The number of H-pyrrole nitrogens is 1. The number of aromatic nitrogens is 3. The Hall–Kier alpha value is -2.21. The molecule has 1 unspecified atom stereocenters. The standard InChI is InChI=1S/C21H29N5O/c1-17-4-2-5-19(24-17)13-25-10-3-8-21(14-25)9-6-20(27)26(15-21)11-7-18-12-22-16-23-18/h2,4-5,12,16H,3,6-11,13-15H2,1H3,(H,22,23). The van der Waals surface area contributed by atoms with Crippen molar-refractivity contribution in [3.8, 4) is 0 Å². The number of carbonyl (C=O) groups is 1. The lowest BCUT2D eigenvalue weighted by atomic mass is 9.73. The Kier molecular flexibility index (Phi) is 5.25. The molecular formula is C21H29N5O. The lowest BCUT2D eigenvalue weighted by molar-refractivity contribution is -0.139. The van der Waals surface area contributed by atoms with Gasteiger partial charge >= 0.3 is 0 Å². The third kappa shape index (κ3) is 4.38. The van der Waals surface area contributed by atoms with Gasteiger partial charge in [-0.1, -0.05) is 6.07 Å². The number of imidazole rings is 1. The van der Waals surface area contributed by atoms with Gasteiger partial charge in [0.2, 0.25) is 5.91 Å². The molecule has 0 aliphatic carbocycles. The zero-order valence-electron chi connectivity index (χ0n) is 16.2. The summed E-state index contributed by atoms with van der Waals surface area (Å²) in [5, 5.41) is 0. The quantitative estimate of drug-likeness (QED) is 0.882. The Balaban J connectivity index is 1.39. The summed E-state index contributed by atoms with van der Waals surface area (Å²) in [5.41, 5.74) is 3.56. The van der Waals surface area contributed by atoms with E-state index in [9.17, 15) is 4.79 Å². The number of rotatable bonds is 5. The molecule has 2 saturated heterocycles. The summed E-state index contributed by atoms with van der Waals surface area (Å²) in [7, 11) is 0. The number of nitrogens with zero attached hydrogens (tertiary/aromatic N) is 4. The molecule has 4 heterocycles. The van der Waals surface area contributed by atoms with Gasteiger partial charge < -0.3 is 9.88 Å². The molecule has 0 bridgehead atoms. The van der Waals surface area contributed by atoms with Crippen molar-refractivity contribution >= 4 is 5.91 Å². The summed E-state index contributed by atoms with van der Waals surface area (Å²) >= 11 is 0. The van der Waals surface area contributed by atoms with Gasteiger partial charge in [-0.3, -0.25) is 14.7 Å². The first-order valence-electron chi connectivity index (χ1n) is 10.0. The van der Waals surface area contributed by atoms with Crippen LogP contribution in [-0.2, 0) is 17.8 Å². The van der Waals surface area contributed by atoms with Crippen LogP contribution in [0.15, 0.2) is 30.7 Å². The van der Waals surface area contributed by atoms with Gasteiger partial charge in [-0.25, -0.2) is 4.98 Å². The van der Waals surface area contributed by atoms with Gasteiger partial charge in [0.1, 0.15) is 0 Å². The van der Waals surface area contributed by atoms with E-state index in [1.54, 1.807) is 6.33 Å². The predicted molar refractivity (Wildman–Crippen MR) is 104 cm³/mol. The first kappa shape index (κ1) is 18.2. The number of hydrogen-bond acceptors (Lipinski definition) is 4. The molecular weight excluding hydrogens is 338 g/mol. The van der Waals surface area contributed by atoms with E-state index in [4.69, 9.17) is 0 Å². The number of carbonyl (C=O) groups excluding carboxylic acids is 1. The molecule has 6 heteroatoms. The minimum atomic E-state index is 0.240. The largest absolute Gasteiger partial charge is 0.348 e. The number of amides is 1. The maximum Gasteiger partial charge on any atom is 0.222 e. The van der Waals surface area contributed by atoms with Gasteiger partial charge in [0.15, 0.2) is 0 Å². The van der Waals surface area contributed by atoms with Crippen LogP contribution >= 0.6 is 0 Å². The molecule has 1 N–H and O–H groups in total. The van der Waals surface area contributed by atoms with Gasteiger partial charge in [0.05, 0.1) is 12.0 Å². The van der Waals surface area contributed by atoms with Crippen molar-refractivity contribution < 1.29 is 4.79 Å². The minimum Gasteiger partial charge on any atom is -0.348 e. The highest BCUT2D eigenvalue weighted by atomic mass is 16.2. The van der Waals surface area contributed by atoms with Crippen molar-refractivity contribution in [3.05, 3.63) is 47.8 Å². The number of nitrogens with one attached hydrogen (secondary N) is 1. The molecule has 1 atom stereocenters. The Labute approximate surface area is 161 Å². The van der Waals surface area contributed by atoms with E-state index < -0.39 is 0 Å². The molecule has 0 radical (unpaired) electrons. The van der Waals surface area contributed by atoms with E-state index in [0.29, 0.717) is 12.3 Å². The maximum absolute atomic E-state index is 12.5. The van der Waals surface area contributed by atoms with Crippen molar-refractivity contribution in [2.75, 3.05) is 26.2 Å². The van der Waals surface area contributed by atoms with Gasteiger partial charge in [0.25, 0.3) is 0 Å². The second kappa shape index (κ2) is 7.80. The maximum atomic E-state index is 12.5. The fraction of sp³-hybridized carbons (Fsp3) is 0.571. The van der Waals surface area contributed by atoms with Crippen molar-refractivity contribution in [1.82, 2.24) is 24.8 Å². The summed E-state index contributed by atoms with van der Waals surface area (Å²) < 4.78 is 0. The molecule has 27 heavy (non-hydrogen) atoms. The van der Waals surface area contributed by atoms with E-state index in [-0.39, 0.29) is 5.41 Å². The van der Waals surface area contributed by atoms with Crippen molar-refractivity contribution in [1.29, 1.82) is 0 Å². The average Bonchev–Trinajstić information content (AvgIpc) is 3.17. The smallest absolute Gasteiger partial charge is 0.222 e. The van der Waals surface area contributed by atoms with Gasteiger partial charge in [-0.05, 0) is 44.9 Å². The monoisotopic (exact) mass is 367 g/mol. The van der Waals surface area contributed by atoms with Crippen LogP contribution in [0.25, 0.3) is 0 Å². The topological polar surface area (TPSA) is 65.1 Å². The first-order valence-corrected chi connectivity index (χ1v) is 10.0. The molecule has 6 nitrogen and oxygen atoms in total. The zero-order valence-corrected chi connectivity index (χ0v) is 16.2. The second-order valence-corrected chi connectivity index (χ2v) is 8.23. The molecule has 2 aromatic heterocycles. The highest BCUT2D eigenvalue weighted by Crippen LogP contribution is 2.39. The van der Waals surface area contributed by atoms with E-state index in [1.165, 1.54) is 12.8 Å². The summed E-state index contributed by atoms with van der Waals surface area (Å²) in [4.78, 5) is 29.0. The van der Waals surface area contributed by atoms with E-state index >= 15 is 0 Å². The molecule has 2 fully saturated rings. The van der Waals surface area contributed by atoms with Crippen LogP contribution in [0.5, 0.6) is 0 Å². The number of likely N-dealkylation sites (tertiary alicyclic amines) is 2. The lowest BCUT2D eigenvalue weighted by Gasteiger charge is -2.48. The minimum absolute atomic E-state index is 0.240. The fourth-order valence-electron chi connectivity index (χ4n) is 4.68. The van der Waals surface area contributed by atoms with Crippen molar-refractivity contribution in [2.45, 2.75) is 45.6 Å². The van der Waals surface area contributed by atoms with Crippen LogP contribution < -0.4 is 0 Å². The third-order valence-corrected chi connectivity index (χ3v) is 6.03. The molecule has 2 aromatic rings. The number of hydrogen-bond donors (Lipinski definition) is 1. The summed E-state index contributed by atoms with van der Waals surface area (Å²) in [6, 6.07) is 6.26. The molecule has 2 aliphatic heterocycles. The lowest BCUT2D eigenvalue weighted by Crippen LogP contribution is -2.54. The molecule has 1 amide bonds. The number of piperidine rings is 2. The Morgan fingerprint density at radius 1 is 1.26 bits per heavy atom. The van der Waals surface area contributed by atoms with Crippen LogP contribution in [0.1, 0.15) is 42.8 Å². The zero-order chi connectivity index (χ0) is 18.7. The highest BCUT2D eigenvalue weighted by molar-refractivity contribution is 5.77. The molecule has 0 aromatic carbocycles. The number of pyridine rings is 1. The SMILES string of the molecule is Cc1cccc(CN2CCCC3(CCC(=O)N(CCc4cnc[nH]4)C3)C2)n1. The Morgan fingerprint density at radius 2 is 2.19 bits per heavy atom. The predicted octanol–water partition coefficient (Wildman–Crippen LogP) is 2.56. The number of aryl methyl sites for hydroxylation is 1. The highest BCUT2D eigenvalue weighted by Gasteiger charge is 2.41. The van der Waals surface area contributed by atoms with Crippen LogP contribution in [0.2, 0.25) is 0 Å². The van der Waals surface area contributed by atoms with Crippen LogP contribution in [0.3, 0.4) is 0 Å². The number of aromatic amines is 1. The van der Waals surface area contributed by atoms with Gasteiger partial charge in [-0.2, -0.15) is 0 Å². The van der Waals surface area contributed by atoms with E-state index in [2.05, 4.69) is 36.9 Å². The molecule has 1 spiro atoms. The van der Waals surface area contributed by atoms with Crippen LogP contribution in [0, 0.1) is 12.3 Å².